The van der Waals surface area contributed by atoms with Crippen LogP contribution in [0.5, 0.6) is 11.5 Å². The molecule has 0 radical (unpaired) electrons. The van der Waals surface area contributed by atoms with E-state index in [9.17, 15) is 4.79 Å². The number of aromatic nitrogens is 1. The largest absolute Gasteiger partial charge is 0.495 e. The fraction of sp³-hybridized carbons (Fsp3) is 0.167. The molecule has 1 aromatic heterocycles. The molecule has 0 N–H and O–H groups in total. The van der Waals surface area contributed by atoms with Crippen molar-refractivity contribution in [1.29, 1.82) is 0 Å². The molecule has 0 atom stereocenters. The predicted octanol–water partition coefficient (Wildman–Crippen LogP) is 3.15. The second kappa shape index (κ2) is 5.49. The number of carbonyl (C=O) groups is 1. The highest BCUT2D eigenvalue weighted by Gasteiger charge is 2.20. The van der Waals surface area contributed by atoms with Gasteiger partial charge < -0.3 is 9.47 Å². The number of nitrogens with zero attached hydrogens (tertiary/aromatic N) is 1. The fourth-order valence-corrected chi connectivity index (χ4v) is 2.74. The van der Waals surface area contributed by atoms with E-state index < -0.39 is 0 Å². The van der Waals surface area contributed by atoms with Crippen LogP contribution >= 0.6 is 27.3 Å². The lowest BCUT2D eigenvalue weighted by molar-refractivity contribution is 0.103. The zero-order valence-electron chi connectivity index (χ0n) is 9.77. The zero-order chi connectivity index (χ0) is 13.1. The maximum Gasteiger partial charge on any atom is 0.215 e. The van der Waals surface area contributed by atoms with Gasteiger partial charge in [-0.15, -0.1) is 11.3 Å². The van der Waals surface area contributed by atoms with Crippen molar-refractivity contribution in [3.63, 3.8) is 0 Å². The van der Waals surface area contributed by atoms with Gasteiger partial charge in [0, 0.05) is 5.38 Å². The summed E-state index contributed by atoms with van der Waals surface area (Å²) in [6.07, 6.45) is 0. The molecular formula is C12H10BrNO3S. The number of hydrogen-bond donors (Lipinski definition) is 0. The van der Waals surface area contributed by atoms with Gasteiger partial charge in [-0.3, -0.25) is 4.79 Å². The molecule has 0 amide bonds. The average molecular weight is 328 g/mol. The lowest BCUT2D eigenvalue weighted by Gasteiger charge is -2.11. The van der Waals surface area contributed by atoms with Gasteiger partial charge in [0.2, 0.25) is 5.78 Å². The third-order valence-corrected chi connectivity index (χ3v) is 3.73. The summed E-state index contributed by atoms with van der Waals surface area (Å²) in [5, 5.41) is 1.71. The van der Waals surface area contributed by atoms with E-state index in [1.807, 2.05) is 0 Å². The Bertz CT molecular complexity index is 569. The van der Waals surface area contributed by atoms with Crippen LogP contribution in [0.2, 0.25) is 0 Å². The van der Waals surface area contributed by atoms with Crippen LogP contribution in [0, 0.1) is 0 Å². The van der Waals surface area contributed by atoms with Crippen LogP contribution in [0.1, 0.15) is 16.1 Å². The van der Waals surface area contributed by atoms with E-state index in [0.717, 1.165) is 0 Å². The average Bonchev–Trinajstić information content (AvgIpc) is 2.91. The molecule has 2 rings (SSSR count). The van der Waals surface area contributed by atoms with Gasteiger partial charge in [0.05, 0.1) is 25.3 Å². The minimum Gasteiger partial charge on any atom is -0.495 e. The van der Waals surface area contributed by atoms with Gasteiger partial charge in [0.1, 0.15) is 21.7 Å². The third-order valence-electron chi connectivity index (χ3n) is 2.40. The van der Waals surface area contributed by atoms with E-state index in [4.69, 9.17) is 9.47 Å². The van der Waals surface area contributed by atoms with Crippen LogP contribution < -0.4 is 9.47 Å². The predicted molar refractivity (Wildman–Crippen MR) is 72.8 cm³/mol. The van der Waals surface area contributed by atoms with Gasteiger partial charge in [-0.25, -0.2) is 4.98 Å². The van der Waals surface area contributed by atoms with Crippen LogP contribution in [-0.4, -0.2) is 25.0 Å². The van der Waals surface area contributed by atoms with E-state index in [1.165, 1.54) is 18.4 Å². The van der Waals surface area contributed by atoms with Gasteiger partial charge in [0.25, 0.3) is 0 Å². The summed E-state index contributed by atoms with van der Waals surface area (Å²) in [4.78, 5) is 16.2. The maximum absolute atomic E-state index is 12.2. The van der Waals surface area contributed by atoms with Crippen molar-refractivity contribution >= 4 is 33.0 Å². The summed E-state index contributed by atoms with van der Waals surface area (Å²) in [5.74, 6) is 0.894. The molecular weight excluding hydrogens is 318 g/mol. The van der Waals surface area contributed by atoms with Gasteiger partial charge in [-0.2, -0.15) is 0 Å². The van der Waals surface area contributed by atoms with Crippen molar-refractivity contribution in [2.24, 2.45) is 0 Å². The highest BCUT2D eigenvalue weighted by atomic mass is 79.9. The molecule has 0 fully saturated rings. The minimum atomic E-state index is -0.170. The summed E-state index contributed by atoms with van der Waals surface area (Å²) >= 11 is 4.74. The van der Waals surface area contributed by atoms with E-state index in [1.54, 1.807) is 30.1 Å². The van der Waals surface area contributed by atoms with Gasteiger partial charge in [-0.1, -0.05) is 0 Å². The molecule has 2 aromatic rings. The van der Waals surface area contributed by atoms with Crippen molar-refractivity contribution in [1.82, 2.24) is 4.98 Å². The first-order valence-corrected chi connectivity index (χ1v) is 6.76. The number of methoxy groups -OCH3 is 2. The minimum absolute atomic E-state index is 0.170. The molecule has 0 saturated carbocycles. The van der Waals surface area contributed by atoms with Gasteiger partial charge in [0.15, 0.2) is 0 Å². The molecule has 0 saturated heterocycles. The Balaban J connectivity index is 2.52. The molecule has 0 spiro atoms. The van der Waals surface area contributed by atoms with E-state index in [2.05, 4.69) is 20.9 Å². The van der Waals surface area contributed by atoms with Crippen molar-refractivity contribution < 1.29 is 14.3 Å². The first-order valence-electron chi connectivity index (χ1n) is 5.02. The monoisotopic (exact) mass is 327 g/mol. The number of carbonyl (C=O) groups excluding carboxylic acids is 1. The summed E-state index contributed by atoms with van der Waals surface area (Å²) in [6.45, 7) is 0. The summed E-state index contributed by atoms with van der Waals surface area (Å²) in [7, 11) is 3.07. The number of rotatable bonds is 4. The molecule has 0 aliphatic carbocycles. The van der Waals surface area contributed by atoms with E-state index >= 15 is 0 Å². The number of halogens is 1. The van der Waals surface area contributed by atoms with Crippen LogP contribution in [0.25, 0.3) is 0 Å². The number of thiazole rings is 1. The quantitative estimate of drug-likeness (QED) is 0.809. The molecule has 18 heavy (non-hydrogen) atoms. The molecule has 1 heterocycles. The highest BCUT2D eigenvalue weighted by Crippen LogP contribution is 2.37. The molecule has 1 aromatic carbocycles. The summed E-state index contributed by atoms with van der Waals surface area (Å²) in [6, 6.07) is 3.39. The van der Waals surface area contributed by atoms with Crippen molar-refractivity contribution in [3.8, 4) is 11.5 Å². The number of benzene rings is 1. The molecule has 4 nitrogen and oxygen atoms in total. The second-order valence-corrected chi connectivity index (χ2v) is 4.88. The number of hydrogen-bond acceptors (Lipinski definition) is 5. The van der Waals surface area contributed by atoms with E-state index in [-0.39, 0.29) is 5.78 Å². The Morgan fingerprint density at radius 3 is 2.67 bits per heavy atom. The molecule has 0 aliphatic heterocycles. The number of ketones is 1. The standard InChI is InChI=1S/C12H10BrNO3S/c1-16-9-4-3-7(12(17-2)10(9)13)11(15)8-5-18-6-14-8/h3-6H,1-2H3. The van der Waals surface area contributed by atoms with Crippen LogP contribution in [0.15, 0.2) is 27.5 Å². The molecule has 6 heteroatoms. The summed E-state index contributed by atoms with van der Waals surface area (Å²) < 4.78 is 11.0. The molecule has 0 bridgehead atoms. The van der Waals surface area contributed by atoms with Crippen LogP contribution in [-0.2, 0) is 0 Å². The fourth-order valence-electron chi connectivity index (χ4n) is 1.54. The Labute approximate surface area is 117 Å². The van der Waals surface area contributed by atoms with Crippen LogP contribution in [0.4, 0.5) is 0 Å². The Morgan fingerprint density at radius 1 is 1.33 bits per heavy atom. The van der Waals surface area contributed by atoms with Crippen molar-refractivity contribution in [2.45, 2.75) is 0 Å². The highest BCUT2D eigenvalue weighted by molar-refractivity contribution is 9.10. The van der Waals surface area contributed by atoms with Gasteiger partial charge in [-0.05, 0) is 28.1 Å². The Morgan fingerprint density at radius 2 is 2.11 bits per heavy atom. The SMILES string of the molecule is COc1ccc(C(=O)c2cscn2)c(OC)c1Br. The molecule has 0 aliphatic rings. The first-order chi connectivity index (χ1) is 8.69. The van der Waals surface area contributed by atoms with Crippen molar-refractivity contribution in [3.05, 3.63) is 38.8 Å². The number of ether oxygens (including phenoxy) is 2. The third kappa shape index (κ3) is 2.26. The Kier molecular flexibility index (Phi) is 3.98. The lowest BCUT2D eigenvalue weighted by Crippen LogP contribution is -2.05. The molecule has 94 valence electrons. The molecule has 0 unspecified atom stereocenters. The smallest absolute Gasteiger partial charge is 0.215 e. The maximum atomic E-state index is 12.2. The van der Waals surface area contributed by atoms with E-state index in [0.29, 0.717) is 27.2 Å². The second-order valence-electron chi connectivity index (χ2n) is 3.37. The lowest BCUT2D eigenvalue weighted by atomic mass is 10.1. The normalized spacial score (nSPS) is 10.2. The van der Waals surface area contributed by atoms with Crippen LogP contribution in [0.3, 0.4) is 0 Å². The zero-order valence-corrected chi connectivity index (χ0v) is 12.2. The Hall–Kier alpha value is -1.40. The van der Waals surface area contributed by atoms with Crippen molar-refractivity contribution in [2.75, 3.05) is 14.2 Å². The first kappa shape index (κ1) is 13.0. The topological polar surface area (TPSA) is 48.4 Å². The van der Waals surface area contributed by atoms with Gasteiger partial charge >= 0.3 is 0 Å². The summed E-state index contributed by atoms with van der Waals surface area (Å²) in [5.41, 5.74) is 2.49.